The van der Waals surface area contributed by atoms with Crippen LogP contribution in [0.4, 0.5) is 0 Å². The number of aromatic nitrogens is 1. The van der Waals surface area contributed by atoms with Crippen LogP contribution < -0.4 is 5.56 Å². The number of benzene rings is 1. The van der Waals surface area contributed by atoms with Crippen molar-refractivity contribution < 1.29 is 28.3 Å². The summed E-state index contributed by atoms with van der Waals surface area (Å²) in [5.74, 6) is 0. The lowest BCUT2D eigenvalue weighted by Gasteiger charge is -2.39. The number of fused-ring (bicyclic) bond motifs is 1. The quantitative estimate of drug-likeness (QED) is 0.708. The molecule has 0 aliphatic carbocycles. The van der Waals surface area contributed by atoms with Crippen molar-refractivity contribution in [1.29, 1.82) is 0 Å². The van der Waals surface area contributed by atoms with E-state index in [-0.39, 0.29) is 12.1 Å². The van der Waals surface area contributed by atoms with Crippen LogP contribution in [0.1, 0.15) is 0 Å². The van der Waals surface area contributed by atoms with Crippen LogP contribution in [-0.4, -0.2) is 30.1 Å². The first-order valence-corrected chi connectivity index (χ1v) is 9.95. The lowest BCUT2D eigenvalue weighted by Crippen LogP contribution is -2.43. The van der Waals surface area contributed by atoms with E-state index in [0.29, 0.717) is 5.39 Å². The van der Waals surface area contributed by atoms with Crippen LogP contribution >= 0.6 is 26.7 Å². The summed E-state index contributed by atoms with van der Waals surface area (Å²) >= 11 is 1.11. The topological polar surface area (TPSA) is 126 Å². The molecule has 3 atom stereocenters. The fourth-order valence-electron chi connectivity index (χ4n) is 2.29. The molecule has 1 aliphatic rings. The third kappa shape index (κ3) is 2.55. The highest BCUT2D eigenvalue weighted by molar-refractivity contribution is 7.72. The molecule has 2 aromatic rings. The van der Waals surface area contributed by atoms with E-state index < -0.39 is 26.7 Å². The number of hydrogen-bond acceptors (Lipinski definition) is 5. The standard InChI is InChI=1S/C10H11NO7P2S/c12-9-6-3-1-2-4-8(6)21-11(9)5-7-10(19(13,14)15)20(16,17)18-7/h1-4,7,10H,5H2,(H,16,17)(H2,13,14,15). The van der Waals surface area contributed by atoms with E-state index in [0.717, 1.165) is 16.2 Å². The minimum atomic E-state index is -4.78. The van der Waals surface area contributed by atoms with Crippen molar-refractivity contribution in [3.63, 3.8) is 0 Å². The van der Waals surface area contributed by atoms with Crippen molar-refractivity contribution in [3.05, 3.63) is 34.6 Å². The molecule has 3 N–H and O–H groups in total. The monoisotopic (exact) mass is 351 g/mol. The van der Waals surface area contributed by atoms with E-state index in [1.807, 2.05) is 0 Å². The summed E-state index contributed by atoms with van der Waals surface area (Å²) in [5.41, 5.74) is -0.316. The average molecular weight is 351 g/mol. The van der Waals surface area contributed by atoms with Gasteiger partial charge in [-0.05, 0) is 12.1 Å². The number of hydrogen-bond donors (Lipinski definition) is 3. The second-order valence-electron chi connectivity index (χ2n) is 4.66. The van der Waals surface area contributed by atoms with E-state index in [4.69, 9.17) is 9.79 Å². The first-order valence-electron chi connectivity index (χ1n) is 5.85. The zero-order valence-corrected chi connectivity index (χ0v) is 13.0. The Kier molecular flexibility index (Phi) is 3.50. The van der Waals surface area contributed by atoms with Crippen LogP contribution in [0.3, 0.4) is 0 Å². The summed E-state index contributed by atoms with van der Waals surface area (Å²) in [5, 5.41) is -1.29. The van der Waals surface area contributed by atoms with Crippen molar-refractivity contribution in [2.45, 2.75) is 18.0 Å². The van der Waals surface area contributed by atoms with Crippen LogP contribution in [-0.2, 0) is 20.2 Å². The third-order valence-electron chi connectivity index (χ3n) is 3.20. The predicted octanol–water partition coefficient (Wildman–Crippen LogP) is 1.15. The molecule has 0 spiro atoms. The molecule has 114 valence electrons. The molecular weight excluding hydrogens is 340 g/mol. The van der Waals surface area contributed by atoms with Crippen molar-refractivity contribution >= 4 is 36.8 Å². The minimum Gasteiger partial charge on any atom is -0.324 e. The SMILES string of the molecule is O=c1c2ccccc2sn1CC1OP(=O)(O)C1P(=O)(O)O. The van der Waals surface area contributed by atoms with Crippen molar-refractivity contribution in [1.82, 2.24) is 3.96 Å². The molecular formula is C10H11NO7P2S. The van der Waals surface area contributed by atoms with Gasteiger partial charge in [-0.2, -0.15) is 0 Å². The molecule has 3 rings (SSSR count). The van der Waals surface area contributed by atoms with E-state index in [1.54, 1.807) is 24.3 Å². The molecule has 21 heavy (non-hydrogen) atoms. The van der Waals surface area contributed by atoms with Gasteiger partial charge in [-0.3, -0.25) is 17.9 Å². The Labute approximate surface area is 122 Å². The Morgan fingerprint density at radius 2 is 2.05 bits per heavy atom. The summed E-state index contributed by atoms with van der Waals surface area (Å²) in [6, 6.07) is 6.87. The Morgan fingerprint density at radius 3 is 2.62 bits per heavy atom. The van der Waals surface area contributed by atoms with Crippen molar-refractivity contribution in [2.24, 2.45) is 0 Å². The zero-order valence-electron chi connectivity index (χ0n) is 10.4. The molecule has 2 heterocycles. The highest BCUT2D eigenvalue weighted by atomic mass is 32.1. The molecule has 1 aromatic heterocycles. The maximum atomic E-state index is 12.1. The molecule has 11 heteroatoms. The molecule has 1 aliphatic heterocycles. The van der Waals surface area contributed by atoms with Gasteiger partial charge in [-0.15, -0.1) is 0 Å². The van der Waals surface area contributed by atoms with Crippen LogP contribution in [0.2, 0.25) is 0 Å². The normalized spacial score (nSPS) is 29.5. The first-order chi connectivity index (χ1) is 9.70. The Morgan fingerprint density at radius 1 is 1.38 bits per heavy atom. The second-order valence-corrected chi connectivity index (χ2v) is 9.76. The maximum absolute atomic E-state index is 12.1. The van der Waals surface area contributed by atoms with Crippen LogP contribution in [0.25, 0.3) is 10.1 Å². The Hall–Kier alpha value is -0.790. The van der Waals surface area contributed by atoms with Gasteiger partial charge in [0.1, 0.15) is 6.10 Å². The van der Waals surface area contributed by atoms with Crippen molar-refractivity contribution in [3.8, 4) is 0 Å². The zero-order chi connectivity index (χ0) is 15.4. The fraction of sp³-hybridized carbons (Fsp3) is 0.300. The molecule has 0 amide bonds. The van der Waals surface area contributed by atoms with E-state index in [9.17, 15) is 18.8 Å². The van der Waals surface area contributed by atoms with E-state index >= 15 is 0 Å². The van der Waals surface area contributed by atoms with Gasteiger partial charge in [0.25, 0.3) is 5.56 Å². The van der Waals surface area contributed by atoms with Gasteiger partial charge < -0.3 is 19.2 Å². The summed E-state index contributed by atoms with van der Waals surface area (Å²) in [4.78, 5) is 39.7. The molecule has 0 bridgehead atoms. The summed E-state index contributed by atoms with van der Waals surface area (Å²) in [6.07, 6.45) is -1.16. The highest BCUT2D eigenvalue weighted by Gasteiger charge is 2.61. The molecule has 1 fully saturated rings. The second kappa shape index (κ2) is 4.86. The Bertz CT molecular complexity index is 836. The summed E-state index contributed by atoms with van der Waals surface area (Å²) in [7, 11) is -9.10. The summed E-state index contributed by atoms with van der Waals surface area (Å²) in [6.45, 7) is -0.168. The number of rotatable bonds is 3. The van der Waals surface area contributed by atoms with Crippen LogP contribution in [0.5, 0.6) is 0 Å². The van der Waals surface area contributed by atoms with Crippen molar-refractivity contribution in [2.75, 3.05) is 0 Å². The third-order valence-corrected chi connectivity index (χ3v) is 8.66. The highest BCUT2D eigenvalue weighted by Crippen LogP contribution is 2.72. The summed E-state index contributed by atoms with van der Waals surface area (Å²) < 4.78 is 29.4. The van der Waals surface area contributed by atoms with Crippen LogP contribution in [0.15, 0.2) is 29.1 Å². The average Bonchev–Trinajstić information content (AvgIpc) is 2.63. The van der Waals surface area contributed by atoms with Crippen LogP contribution in [0, 0.1) is 0 Å². The lowest BCUT2D eigenvalue weighted by atomic mass is 10.3. The van der Waals surface area contributed by atoms with Gasteiger partial charge in [0.05, 0.1) is 16.6 Å². The molecule has 1 saturated heterocycles. The van der Waals surface area contributed by atoms with E-state index in [2.05, 4.69) is 4.52 Å². The molecule has 1 aromatic carbocycles. The minimum absolute atomic E-state index is 0.168. The van der Waals surface area contributed by atoms with Gasteiger partial charge in [-0.1, -0.05) is 23.7 Å². The maximum Gasteiger partial charge on any atom is 0.346 e. The largest absolute Gasteiger partial charge is 0.346 e. The van der Waals surface area contributed by atoms with Gasteiger partial charge in [0, 0.05) is 0 Å². The predicted molar refractivity (Wildman–Crippen MR) is 76.6 cm³/mol. The van der Waals surface area contributed by atoms with Gasteiger partial charge in [0.2, 0.25) is 0 Å². The molecule has 8 nitrogen and oxygen atoms in total. The lowest BCUT2D eigenvalue weighted by molar-refractivity contribution is 0.0960. The molecule has 3 unspecified atom stereocenters. The smallest absolute Gasteiger partial charge is 0.324 e. The van der Waals surface area contributed by atoms with Gasteiger partial charge >= 0.3 is 15.2 Å². The van der Waals surface area contributed by atoms with Gasteiger partial charge in [-0.25, -0.2) is 0 Å². The first kappa shape index (κ1) is 15.1. The van der Waals surface area contributed by atoms with E-state index in [1.165, 1.54) is 3.96 Å². The number of nitrogens with zero attached hydrogens (tertiary/aromatic N) is 1. The fourth-order valence-corrected chi connectivity index (χ4v) is 6.78. The molecule has 0 radical (unpaired) electrons. The van der Waals surface area contributed by atoms with Gasteiger partial charge in [0.15, 0.2) is 5.40 Å². The Balaban J connectivity index is 1.93. The molecule has 0 saturated carbocycles.